The van der Waals surface area contributed by atoms with E-state index in [-0.39, 0.29) is 17.8 Å². The molecule has 2 rings (SSSR count). The number of hydrogen-bond donors (Lipinski definition) is 2. The Morgan fingerprint density at radius 1 is 1.20 bits per heavy atom. The maximum atomic E-state index is 13.2. The van der Waals surface area contributed by atoms with Crippen molar-refractivity contribution >= 4 is 11.6 Å². The summed E-state index contributed by atoms with van der Waals surface area (Å²) in [6.07, 6.45) is 0. The zero-order valence-electron chi connectivity index (χ0n) is 11.5. The Morgan fingerprint density at radius 3 is 2.40 bits per heavy atom. The first kappa shape index (κ1) is 14.2. The molecule has 0 aliphatic carbocycles. The summed E-state index contributed by atoms with van der Waals surface area (Å²) in [5.74, 6) is -0.579. The zero-order valence-corrected chi connectivity index (χ0v) is 11.5. The van der Waals surface area contributed by atoms with Gasteiger partial charge in [-0.05, 0) is 55.3 Å². The maximum Gasteiger partial charge on any atom is 0.255 e. The summed E-state index contributed by atoms with van der Waals surface area (Å²) in [6.45, 7) is 3.53. The van der Waals surface area contributed by atoms with Gasteiger partial charge in [-0.2, -0.15) is 0 Å². The molecule has 0 aliphatic rings. The van der Waals surface area contributed by atoms with Gasteiger partial charge in [0.05, 0.1) is 0 Å². The molecule has 0 radical (unpaired) electrons. The lowest BCUT2D eigenvalue weighted by atomic mass is 10.1. The first-order valence-electron chi connectivity index (χ1n) is 6.40. The van der Waals surface area contributed by atoms with Gasteiger partial charge >= 0.3 is 0 Å². The van der Waals surface area contributed by atoms with Crippen LogP contribution in [0, 0.1) is 12.7 Å². The average molecular weight is 272 g/mol. The van der Waals surface area contributed by atoms with E-state index in [1.54, 1.807) is 19.1 Å². The number of nitrogens with one attached hydrogen (secondary N) is 1. The van der Waals surface area contributed by atoms with Gasteiger partial charge in [0.25, 0.3) is 5.91 Å². The van der Waals surface area contributed by atoms with E-state index in [2.05, 4.69) is 5.32 Å². The van der Waals surface area contributed by atoms with Crippen LogP contribution in [0.15, 0.2) is 42.5 Å². The Morgan fingerprint density at radius 2 is 1.85 bits per heavy atom. The second kappa shape index (κ2) is 5.84. The Kier molecular flexibility index (Phi) is 4.15. The highest BCUT2D eigenvalue weighted by Gasteiger charge is 2.08. The third-order valence-corrected chi connectivity index (χ3v) is 3.11. The molecule has 0 heterocycles. The average Bonchev–Trinajstić information content (AvgIpc) is 2.42. The third kappa shape index (κ3) is 3.22. The van der Waals surface area contributed by atoms with Crippen LogP contribution >= 0.6 is 0 Å². The minimum Gasteiger partial charge on any atom is -0.324 e. The molecule has 2 aromatic rings. The predicted molar refractivity (Wildman–Crippen MR) is 78.1 cm³/mol. The predicted octanol–water partition coefficient (Wildman–Crippen LogP) is 3.41. The second-order valence-corrected chi connectivity index (χ2v) is 4.83. The number of carbonyl (C=O) groups is 1. The van der Waals surface area contributed by atoms with Crippen LogP contribution in [0.3, 0.4) is 0 Å². The molecule has 0 aromatic heterocycles. The van der Waals surface area contributed by atoms with Crippen molar-refractivity contribution in [2.45, 2.75) is 19.9 Å². The van der Waals surface area contributed by atoms with E-state index >= 15 is 0 Å². The molecule has 4 heteroatoms. The van der Waals surface area contributed by atoms with E-state index in [0.717, 1.165) is 5.56 Å². The van der Waals surface area contributed by atoms with Crippen molar-refractivity contribution in [2.75, 3.05) is 5.32 Å². The first-order chi connectivity index (χ1) is 9.47. The minimum absolute atomic E-state index is 0.0421. The minimum atomic E-state index is -0.317. The highest BCUT2D eigenvalue weighted by molar-refractivity contribution is 6.04. The Bertz CT molecular complexity index is 621. The molecule has 2 aromatic carbocycles. The Balaban J connectivity index is 2.12. The fourth-order valence-electron chi connectivity index (χ4n) is 1.86. The number of hydrogen-bond acceptors (Lipinski definition) is 2. The van der Waals surface area contributed by atoms with Gasteiger partial charge in [0.2, 0.25) is 0 Å². The standard InChI is InChI=1S/C16H17FN2O/c1-10-9-13(5-8-15(10)17)16(20)19-14-6-3-12(4-7-14)11(2)18/h3-9,11H,18H2,1-2H3,(H,19,20). The summed E-state index contributed by atoms with van der Waals surface area (Å²) < 4.78 is 13.2. The fraction of sp³-hybridized carbons (Fsp3) is 0.188. The molecular formula is C16H17FN2O. The van der Waals surface area contributed by atoms with Gasteiger partial charge in [-0.3, -0.25) is 4.79 Å². The monoisotopic (exact) mass is 272 g/mol. The van der Waals surface area contributed by atoms with Crippen molar-refractivity contribution in [3.8, 4) is 0 Å². The number of aryl methyl sites for hydroxylation is 1. The van der Waals surface area contributed by atoms with Gasteiger partial charge in [0.15, 0.2) is 0 Å². The van der Waals surface area contributed by atoms with Crippen LogP contribution in [0.25, 0.3) is 0 Å². The molecule has 0 bridgehead atoms. The summed E-state index contributed by atoms with van der Waals surface area (Å²) in [5.41, 5.74) is 8.33. The fourth-order valence-corrected chi connectivity index (χ4v) is 1.86. The van der Waals surface area contributed by atoms with Crippen molar-refractivity contribution in [1.29, 1.82) is 0 Å². The molecule has 0 fully saturated rings. The largest absolute Gasteiger partial charge is 0.324 e. The van der Waals surface area contributed by atoms with Crippen LogP contribution in [0.5, 0.6) is 0 Å². The summed E-state index contributed by atoms with van der Waals surface area (Å²) in [4.78, 5) is 12.0. The van der Waals surface area contributed by atoms with E-state index in [9.17, 15) is 9.18 Å². The summed E-state index contributed by atoms with van der Waals surface area (Å²) in [5, 5.41) is 2.77. The number of rotatable bonds is 3. The number of halogens is 1. The lowest BCUT2D eigenvalue weighted by Gasteiger charge is -2.09. The van der Waals surface area contributed by atoms with Crippen molar-refractivity contribution < 1.29 is 9.18 Å². The zero-order chi connectivity index (χ0) is 14.7. The molecule has 104 valence electrons. The van der Waals surface area contributed by atoms with Gasteiger partial charge in [0, 0.05) is 17.3 Å². The molecular weight excluding hydrogens is 255 g/mol. The summed E-state index contributed by atoms with van der Waals surface area (Å²) >= 11 is 0. The maximum absolute atomic E-state index is 13.2. The van der Waals surface area contributed by atoms with Gasteiger partial charge in [0.1, 0.15) is 5.82 Å². The Hall–Kier alpha value is -2.20. The number of benzene rings is 2. The quantitative estimate of drug-likeness (QED) is 0.899. The number of anilines is 1. The molecule has 3 nitrogen and oxygen atoms in total. The van der Waals surface area contributed by atoms with E-state index in [1.165, 1.54) is 18.2 Å². The molecule has 1 unspecified atom stereocenters. The molecule has 0 saturated carbocycles. The van der Waals surface area contributed by atoms with Crippen LogP contribution in [0.2, 0.25) is 0 Å². The molecule has 1 amide bonds. The lowest BCUT2D eigenvalue weighted by molar-refractivity contribution is 0.102. The summed E-state index contributed by atoms with van der Waals surface area (Å²) in [6, 6.07) is 11.6. The van der Waals surface area contributed by atoms with Crippen molar-refractivity contribution in [1.82, 2.24) is 0 Å². The van der Waals surface area contributed by atoms with Crippen LogP contribution in [0.4, 0.5) is 10.1 Å². The third-order valence-electron chi connectivity index (χ3n) is 3.11. The van der Waals surface area contributed by atoms with Crippen LogP contribution < -0.4 is 11.1 Å². The van der Waals surface area contributed by atoms with E-state index < -0.39 is 0 Å². The number of carbonyl (C=O) groups excluding carboxylic acids is 1. The van der Waals surface area contributed by atoms with Gasteiger partial charge in [-0.15, -0.1) is 0 Å². The molecule has 0 aliphatic heterocycles. The van der Waals surface area contributed by atoms with Gasteiger partial charge in [-0.1, -0.05) is 12.1 Å². The SMILES string of the molecule is Cc1cc(C(=O)Nc2ccc(C(C)N)cc2)ccc1F. The van der Waals surface area contributed by atoms with Crippen LogP contribution in [-0.4, -0.2) is 5.91 Å². The van der Waals surface area contributed by atoms with Crippen LogP contribution in [-0.2, 0) is 0 Å². The molecule has 0 spiro atoms. The van der Waals surface area contributed by atoms with E-state index in [0.29, 0.717) is 16.8 Å². The van der Waals surface area contributed by atoms with Gasteiger partial charge < -0.3 is 11.1 Å². The summed E-state index contributed by atoms with van der Waals surface area (Å²) in [7, 11) is 0. The molecule has 20 heavy (non-hydrogen) atoms. The van der Waals surface area contributed by atoms with Gasteiger partial charge in [-0.25, -0.2) is 4.39 Å². The van der Waals surface area contributed by atoms with Crippen molar-refractivity contribution in [2.24, 2.45) is 5.73 Å². The molecule has 1 atom stereocenters. The second-order valence-electron chi connectivity index (χ2n) is 4.83. The topological polar surface area (TPSA) is 55.1 Å². The smallest absolute Gasteiger partial charge is 0.255 e. The first-order valence-corrected chi connectivity index (χ1v) is 6.40. The Labute approximate surface area is 117 Å². The van der Waals surface area contributed by atoms with Crippen molar-refractivity contribution in [3.63, 3.8) is 0 Å². The van der Waals surface area contributed by atoms with E-state index in [4.69, 9.17) is 5.73 Å². The normalized spacial score (nSPS) is 12.0. The van der Waals surface area contributed by atoms with Crippen LogP contribution in [0.1, 0.15) is 34.5 Å². The highest BCUT2D eigenvalue weighted by atomic mass is 19.1. The van der Waals surface area contributed by atoms with Crippen molar-refractivity contribution in [3.05, 3.63) is 65.0 Å². The number of nitrogens with two attached hydrogens (primary N) is 1. The van der Waals surface area contributed by atoms with E-state index in [1.807, 2.05) is 19.1 Å². The lowest BCUT2D eigenvalue weighted by Crippen LogP contribution is -2.12. The number of amides is 1. The highest BCUT2D eigenvalue weighted by Crippen LogP contribution is 2.16. The molecule has 0 saturated heterocycles. The molecule has 3 N–H and O–H groups in total.